The molecule has 0 aromatic heterocycles. The number of ether oxygens (including phenoxy) is 2. The van der Waals surface area contributed by atoms with Crippen molar-refractivity contribution in [1.29, 1.82) is 0 Å². The van der Waals surface area contributed by atoms with Crippen LogP contribution in [0.3, 0.4) is 0 Å². The first-order valence-electron chi connectivity index (χ1n) is 6.84. The second kappa shape index (κ2) is 10.2. The molecule has 128 valence electrons. The van der Waals surface area contributed by atoms with Gasteiger partial charge in [0.25, 0.3) is 0 Å². The third kappa shape index (κ3) is 7.30. The summed E-state index contributed by atoms with van der Waals surface area (Å²) in [5.41, 5.74) is 1.38. The van der Waals surface area contributed by atoms with Crippen molar-refractivity contribution in [2.24, 2.45) is 0 Å². The first-order valence-corrected chi connectivity index (χ1v) is 6.84. The van der Waals surface area contributed by atoms with Gasteiger partial charge in [-0.15, -0.1) is 0 Å². The molecule has 1 aliphatic heterocycles. The lowest BCUT2D eigenvalue weighted by atomic mass is 10.2. The molecule has 1 N–H and O–H groups in total. The summed E-state index contributed by atoms with van der Waals surface area (Å²) < 4.78 is 9.72. The first-order chi connectivity index (χ1) is 10.4. The second-order valence-corrected chi connectivity index (χ2v) is 4.61. The zero-order chi connectivity index (χ0) is 16.5. The number of hydrogen-bond acceptors (Lipinski definition) is 5. The Morgan fingerprint density at radius 1 is 1.35 bits per heavy atom. The highest BCUT2D eigenvalue weighted by atomic mass is 16.5. The van der Waals surface area contributed by atoms with Gasteiger partial charge < -0.3 is 14.8 Å². The molecule has 0 saturated heterocycles. The number of allylic oxidation sites excluding steroid dienone is 1. The molecule has 0 aromatic rings. The number of amides is 2. The molecule has 0 saturated carbocycles. The summed E-state index contributed by atoms with van der Waals surface area (Å²) >= 11 is 0. The number of rotatable bonds is 8. The lowest BCUT2D eigenvalue weighted by molar-refractivity contribution is -0.144. The lowest BCUT2D eigenvalue weighted by Gasteiger charge is -2.25. The Kier molecular flexibility index (Phi) is 9.07. The van der Waals surface area contributed by atoms with Crippen molar-refractivity contribution in [3.8, 4) is 0 Å². The predicted molar refractivity (Wildman–Crippen MR) is 86.2 cm³/mol. The van der Waals surface area contributed by atoms with Crippen LogP contribution >= 0.6 is 0 Å². The van der Waals surface area contributed by atoms with E-state index in [1.54, 1.807) is 6.20 Å². The Morgan fingerprint density at radius 2 is 2.00 bits per heavy atom. The number of nitrogens with one attached hydrogen (secondary N) is 1. The van der Waals surface area contributed by atoms with Crippen LogP contribution in [0.2, 0.25) is 0 Å². The summed E-state index contributed by atoms with van der Waals surface area (Å²) in [5, 5.41) is 2.59. The molecule has 23 heavy (non-hydrogen) atoms. The molecule has 7 nitrogen and oxygen atoms in total. The molecule has 1 heterocycles. The molecule has 2 amide bonds. The third-order valence-corrected chi connectivity index (χ3v) is 2.86. The zero-order valence-electron chi connectivity index (χ0n) is 12.6. The van der Waals surface area contributed by atoms with Gasteiger partial charge in [0, 0.05) is 30.9 Å². The van der Waals surface area contributed by atoms with Gasteiger partial charge in [-0.1, -0.05) is 20.6 Å². The molecule has 0 bridgehead atoms. The van der Waals surface area contributed by atoms with Gasteiger partial charge in [0.2, 0.25) is 0 Å². The largest absolute Gasteiger partial charge is 0.465 e. The fourth-order valence-corrected chi connectivity index (χ4v) is 1.60. The summed E-state index contributed by atoms with van der Waals surface area (Å²) in [5.74, 6) is -0.926. The Balaban J connectivity index is 0.00000484. The van der Waals surface area contributed by atoms with Gasteiger partial charge in [-0.2, -0.15) is 0 Å². The van der Waals surface area contributed by atoms with E-state index in [0.29, 0.717) is 12.1 Å². The first kappa shape index (κ1) is 20.4. The standard InChI is InChI=1S/C15H20N2O5.CH4/c1-4-13(18)21-8-5-9-22-14(19)6-7-17-10-11(2)12(3)16-15(17)20;/h4,10H,1,3,5-9H2,2H3,(H,16,20);1H4. The van der Waals surface area contributed by atoms with Crippen LogP contribution in [0, 0.1) is 0 Å². The van der Waals surface area contributed by atoms with Gasteiger partial charge in [0.05, 0.1) is 19.6 Å². The minimum absolute atomic E-state index is 0. The molecule has 0 fully saturated rings. The monoisotopic (exact) mass is 324 g/mol. The van der Waals surface area contributed by atoms with Crippen LogP contribution in [0.1, 0.15) is 27.2 Å². The molecule has 0 radical (unpaired) electrons. The Hall–Kier alpha value is -2.57. The van der Waals surface area contributed by atoms with Crippen LogP contribution in [0.15, 0.2) is 36.7 Å². The summed E-state index contributed by atoms with van der Waals surface area (Å²) in [4.78, 5) is 35.4. The van der Waals surface area contributed by atoms with Crippen molar-refractivity contribution in [3.63, 3.8) is 0 Å². The Labute approximate surface area is 136 Å². The summed E-state index contributed by atoms with van der Waals surface area (Å²) in [6.45, 7) is 9.31. The zero-order valence-corrected chi connectivity index (χ0v) is 12.6. The van der Waals surface area contributed by atoms with E-state index in [9.17, 15) is 14.4 Å². The van der Waals surface area contributed by atoms with Crippen molar-refractivity contribution in [3.05, 3.63) is 36.7 Å². The fraction of sp³-hybridized carbons (Fsp3) is 0.438. The molecule has 1 aliphatic rings. The molecule has 7 heteroatoms. The minimum Gasteiger partial charge on any atom is -0.465 e. The molecular weight excluding hydrogens is 300 g/mol. The maximum Gasteiger partial charge on any atom is 0.330 e. The number of carbonyl (C=O) groups is 3. The van der Waals surface area contributed by atoms with Crippen molar-refractivity contribution >= 4 is 18.0 Å². The highest BCUT2D eigenvalue weighted by Gasteiger charge is 2.19. The van der Waals surface area contributed by atoms with Crippen LogP contribution in [0.5, 0.6) is 0 Å². The van der Waals surface area contributed by atoms with Crippen molar-refractivity contribution in [1.82, 2.24) is 10.2 Å². The van der Waals surface area contributed by atoms with Crippen molar-refractivity contribution < 1.29 is 23.9 Å². The molecule has 0 aromatic carbocycles. The molecule has 0 aliphatic carbocycles. The lowest BCUT2D eigenvalue weighted by Crippen LogP contribution is -2.41. The average molecular weight is 324 g/mol. The number of urea groups is 1. The SMILES string of the molecule is C.C=CC(=O)OCCCOC(=O)CCN1C=C(C)C(=C)NC1=O. The van der Waals surface area contributed by atoms with E-state index in [0.717, 1.165) is 11.6 Å². The van der Waals surface area contributed by atoms with Crippen molar-refractivity contribution in [2.45, 2.75) is 27.2 Å². The molecule has 0 atom stereocenters. The van der Waals surface area contributed by atoms with E-state index in [-0.39, 0.29) is 39.6 Å². The fourth-order valence-electron chi connectivity index (χ4n) is 1.60. The molecule has 1 rings (SSSR count). The molecule has 0 spiro atoms. The molecule has 0 unspecified atom stereocenters. The summed E-state index contributed by atoms with van der Waals surface area (Å²) in [6, 6.07) is -0.320. The minimum atomic E-state index is -0.508. The van der Waals surface area contributed by atoms with E-state index in [4.69, 9.17) is 9.47 Å². The van der Waals surface area contributed by atoms with Crippen LogP contribution in [-0.4, -0.2) is 42.6 Å². The van der Waals surface area contributed by atoms with E-state index in [1.165, 1.54) is 4.90 Å². The van der Waals surface area contributed by atoms with Crippen LogP contribution in [0.25, 0.3) is 0 Å². The van der Waals surface area contributed by atoms with Crippen molar-refractivity contribution in [2.75, 3.05) is 19.8 Å². The Morgan fingerprint density at radius 3 is 2.65 bits per heavy atom. The Bertz CT molecular complexity index is 511. The second-order valence-electron chi connectivity index (χ2n) is 4.61. The number of hydrogen-bond donors (Lipinski definition) is 1. The maximum atomic E-state index is 11.7. The topological polar surface area (TPSA) is 84.9 Å². The van der Waals surface area contributed by atoms with Crippen LogP contribution in [0.4, 0.5) is 4.79 Å². The van der Waals surface area contributed by atoms with Gasteiger partial charge in [0.1, 0.15) is 0 Å². The van der Waals surface area contributed by atoms with Gasteiger partial charge in [-0.3, -0.25) is 9.69 Å². The third-order valence-electron chi connectivity index (χ3n) is 2.86. The van der Waals surface area contributed by atoms with E-state index < -0.39 is 11.9 Å². The highest BCUT2D eigenvalue weighted by molar-refractivity contribution is 5.81. The summed E-state index contributed by atoms with van der Waals surface area (Å²) in [7, 11) is 0. The predicted octanol–water partition coefficient (Wildman–Crippen LogP) is 2.12. The van der Waals surface area contributed by atoms with Gasteiger partial charge >= 0.3 is 18.0 Å². The number of esters is 2. The maximum absolute atomic E-state index is 11.7. The highest BCUT2D eigenvalue weighted by Crippen LogP contribution is 2.12. The van der Waals surface area contributed by atoms with Crippen LogP contribution in [-0.2, 0) is 19.1 Å². The van der Waals surface area contributed by atoms with Gasteiger partial charge in [-0.05, 0) is 12.5 Å². The van der Waals surface area contributed by atoms with Crippen LogP contribution < -0.4 is 5.32 Å². The smallest absolute Gasteiger partial charge is 0.330 e. The summed E-state index contributed by atoms with van der Waals surface area (Å²) in [6.07, 6.45) is 3.20. The average Bonchev–Trinajstić information content (AvgIpc) is 2.48. The number of carbonyl (C=O) groups excluding carboxylic acids is 3. The number of nitrogens with zero attached hydrogens (tertiary/aromatic N) is 1. The quantitative estimate of drug-likeness (QED) is 0.420. The molecular formula is C16H24N2O5. The normalized spacial score (nSPS) is 13.4. The van der Waals surface area contributed by atoms with Gasteiger partial charge in [0.15, 0.2) is 0 Å². The van der Waals surface area contributed by atoms with Gasteiger partial charge in [-0.25, -0.2) is 9.59 Å². The van der Waals surface area contributed by atoms with E-state index in [2.05, 4.69) is 18.5 Å². The van der Waals surface area contributed by atoms with E-state index >= 15 is 0 Å². The van der Waals surface area contributed by atoms with E-state index in [1.807, 2.05) is 6.92 Å².